The molecule has 0 atom stereocenters. The number of hydrogen-bond acceptors (Lipinski definition) is 1. The predicted molar refractivity (Wildman–Crippen MR) is 48.5 cm³/mol. The van der Waals surface area contributed by atoms with Gasteiger partial charge < -0.3 is 4.42 Å². The summed E-state index contributed by atoms with van der Waals surface area (Å²) >= 11 is 0. The highest BCUT2D eigenvalue weighted by molar-refractivity contribution is 6.09. The van der Waals surface area contributed by atoms with Gasteiger partial charge in [-0.2, -0.15) is 0 Å². The van der Waals surface area contributed by atoms with Gasteiger partial charge in [0.05, 0.1) is 6.26 Å². The maximum atomic E-state index is 5.34. The number of benzene rings is 1. The van der Waals surface area contributed by atoms with Gasteiger partial charge in [0.15, 0.2) is 0 Å². The van der Waals surface area contributed by atoms with Crippen LogP contribution in [-0.4, -0.2) is 7.85 Å². The fraction of sp³-hybridized carbons (Fsp3) is 0.111. The molecule has 0 spiro atoms. The lowest BCUT2D eigenvalue weighted by atomic mass is 9.97. The van der Waals surface area contributed by atoms with Gasteiger partial charge in [0.1, 0.15) is 13.4 Å². The molecular formula is C9H9BO. The number of furan rings is 1. The summed E-state index contributed by atoms with van der Waals surface area (Å²) in [6, 6.07) is 8.12. The Hall–Kier alpha value is -1.18. The van der Waals surface area contributed by atoms with Crippen LogP contribution in [0.5, 0.6) is 0 Å². The lowest BCUT2D eigenvalue weighted by Crippen LogP contribution is -1.78. The molecule has 0 saturated carbocycles. The van der Waals surface area contributed by atoms with Crippen molar-refractivity contribution in [1.82, 2.24) is 0 Å². The molecule has 0 unspecified atom stereocenters. The van der Waals surface area contributed by atoms with Crippen molar-refractivity contribution in [2.24, 2.45) is 0 Å². The summed E-state index contributed by atoms with van der Waals surface area (Å²) in [6.07, 6.45) is 2.88. The molecule has 0 N–H and O–H groups in total. The van der Waals surface area contributed by atoms with E-state index in [1.165, 1.54) is 10.9 Å². The first-order valence-corrected chi connectivity index (χ1v) is 3.87. The second-order valence-electron chi connectivity index (χ2n) is 2.61. The summed E-state index contributed by atoms with van der Waals surface area (Å²) in [6.45, 7) is 0. The van der Waals surface area contributed by atoms with Crippen LogP contribution in [0.4, 0.5) is 0 Å². The minimum atomic E-state index is 0.990. The minimum absolute atomic E-state index is 0.990. The third-order valence-corrected chi connectivity index (χ3v) is 1.94. The van der Waals surface area contributed by atoms with Gasteiger partial charge in [0, 0.05) is 5.39 Å². The van der Waals surface area contributed by atoms with E-state index in [0.717, 1.165) is 11.9 Å². The maximum absolute atomic E-state index is 5.34. The van der Waals surface area contributed by atoms with Crippen molar-refractivity contribution >= 4 is 18.8 Å². The van der Waals surface area contributed by atoms with Crippen LogP contribution >= 0.6 is 0 Å². The van der Waals surface area contributed by atoms with E-state index in [4.69, 9.17) is 4.42 Å². The lowest BCUT2D eigenvalue weighted by Gasteiger charge is -1.88. The Labute approximate surface area is 66.4 Å². The number of fused-ring (bicyclic) bond motifs is 1. The smallest absolute Gasteiger partial charge is 0.134 e. The number of rotatable bonds is 1. The van der Waals surface area contributed by atoms with Crippen LogP contribution in [-0.2, 0) is 6.32 Å². The van der Waals surface area contributed by atoms with Crippen molar-refractivity contribution in [3.05, 3.63) is 36.1 Å². The average Bonchev–Trinajstić information content (AvgIpc) is 2.47. The molecule has 2 rings (SSSR count). The molecule has 0 bridgehead atoms. The summed E-state index contributed by atoms with van der Waals surface area (Å²) < 4.78 is 5.34. The Morgan fingerprint density at radius 1 is 1.27 bits per heavy atom. The third kappa shape index (κ3) is 0.948. The number of para-hydroxylation sites is 1. The van der Waals surface area contributed by atoms with Gasteiger partial charge in [-0.15, -0.1) is 0 Å². The summed E-state index contributed by atoms with van der Waals surface area (Å²) in [5, 5.41) is 1.25. The van der Waals surface area contributed by atoms with Gasteiger partial charge in [-0.05, 0) is 11.6 Å². The molecule has 0 aliphatic heterocycles. The zero-order chi connectivity index (χ0) is 7.68. The standard InChI is InChI=1S/C9H9BO/c10-5-7-6-11-9-4-2-1-3-8(7)9/h1-4,6H,5,10H2. The Morgan fingerprint density at radius 3 is 2.91 bits per heavy atom. The van der Waals surface area contributed by atoms with Crippen LogP contribution < -0.4 is 0 Å². The Morgan fingerprint density at radius 2 is 2.09 bits per heavy atom. The van der Waals surface area contributed by atoms with E-state index in [0.29, 0.717) is 0 Å². The van der Waals surface area contributed by atoms with Crippen LogP contribution in [0.1, 0.15) is 5.56 Å². The van der Waals surface area contributed by atoms with E-state index in [1.54, 1.807) is 0 Å². The van der Waals surface area contributed by atoms with Crippen LogP contribution in [0.15, 0.2) is 34.9 Å². The first-order valence-electron chi connectivity index (χ1n) is 3.87. The minimum Gasteiger partial charge on any atom is -0.464 e. The Kier molecular flexibility index (Phi) is 1.46. The number of hydrogen-bond donors (Lipinski definition) is 0. The van der Waals surface area contributed by atoms with Crippen molar-refractivity contribution in [1.29, 1.82) is 0 Å². The molecule has 2 heteroatoms. The molecule has 11 heavy (non-hydrogen) atoms. The molecule has 0 aliphatic rings. The normalized spacial score (nSPS) is 10.5. The van der Waals surface area contributed by atoms with Crippen molar-refractivity contribution in [2.45, 2.75) is 6.32 Å². The van der Waals surface area contributed by atoms with Crippen molar-refractivity contribution in [3.8, 4) is 0 Å². The zero-order valence-corrected chi connectivity index (χ0v) is 6.50. The highest BCUT2D eigenvalue weighted by Gasteiger charge is 2.00. The molecule has 1 aromatic heterocycles. The summed E-state index contributed by atoms with van der Waals surface area (Å²) in [5.41, 5.74) is 2.28. The van der Waals surface area contributed by atoms with E-state index >= 15 is 0 Å². The molecule has 0 fully saturated rings. The molecule has 1 aromatic carbocycles. The van der Waals surface area contributed by atoms with E-state index in [1.807, 2.05) is 24.5 Å². The van der Waals surface area contributed by atoms with Gasteiger partial charge in [-0.1, -0.05) is 24.5 Å². The second kappa shape index (κ2) is 2.46. The van der Waals surface area contributed by atoms with E-state index in [-0.39, 0.29) is 0 Å². The first-order chi connectivity index (χ1) is 5.42. The lowest BCUT2D eigenvalue weighted by molar-refractivity contribution is 0.612. The first kappa shape index (κ1) is 6.53. The van der Waals surface area contributed by atoms with Gasteiger partial charge in [-0.25, -0.2) is 0 Å². The Bertz CT molecular complexity index is 364. The molecule has 0 amide bonds. The largest absolute Gasteiger partial charge is 0.464 e. The zero-order valence-electron chi connectivity index (χ0n) is 6.50. The third-order valence-electron chi connectivity index (χ3n) is 1.94. The van der Waals surface area contributed by atoms with Crippen molar-refractivity contribution < 1.29 is 4.42 Å². The van der Waals surface area contributed by atoms with Crippen molar-refractivity contribution in [2.75, 3.05) is 0 Å². The fourth-order valence-electron chi connectivity index (χ4n) is 1.31. The van der Waals surface area contributed by atoms with Crippen molar-refractivity contribution in [3.63, 3.8) is 0 Å². The SMILES string of the molecule is BCc1coc2ccccc12. The molecule has 1 heterocycles. The second-order valence-corrected chi connectivity index (χ2v) is 2.61. The van der Waals surface area contributed by atoms with Crippen LogP contribution in [0.2, 0.25) is 0 Å². The average molecular weight is 144 g/mol. The predicted octanol–water partition coefficient (Wildman–Crippen LogP) is 1.57. The van der Waals surface area contributed by atoms with Gasteiger partial charge in [0.2, 0.25) is 0 Å². The van der Waals surface area contributed by atoms with Gasteiger partial charge in [0.25, 0.3) is 0 Å². The highest BCUT2D eigenvalue weighted by atomic mass is 16.3. The molecular weight excluding hydrogens is 135 g/mol. The van der Waals surface area contributed by atoms with Crippen LogP contribution in [0.25, 0.3) is 11.0 Å². The fourth-order valence-corrected chi connectivity index (χ4v) is 1.31. The van der Waals surface area contributed by atoms with Gasteiger partial charge in [-0.3, -0.25) is 0 Å². The highest BCUT2D eigenvalue weighted by Crippen LogP contribution is 2.19. The van der Waals surface area contributed by atoms with Crippen LogP contribution in [0.3, 0.4) is 0 Å². The summed E-state index contributed by atoms with van der Waals surface area (Å²) in [7, 11) is 2.14. The van der Waals surface area contributed by atoms with E-state index in [2.05, 4.69) is 13.9 Å². The molecule has 0 radical (unpaired) electrons. The Balaban J connectivity index is 2.76. The monoisotopic (exact) mass is 144 g/mol. The molecule has 54 valence electrons. The maximum Gasteiger partial charge on any atom is 0.134 e. The topological polar surface area (TPSA) is 13.1 Å². The van der Waals surface area contributed by atoms with E-state index in [9.17, 15) is 0 Å². The van der Waals surface area contributed by atoms with Crippen LogP contribution in [0, 0.1) is 0 Å². The van der Waals surface area contributed by atoms with E-state index < -0.39 is 0 Å². The van der Waals surface area contributed by atoms with Gasteiger partial charge >= 0.3 is 0 Å². The molecule has 0 saturated heterocycles. The summed E-state index contributed by atoms with van der Waals surface area (Å²) in [5.74, 6) is 0. The molecule has 0 aliphatic carbocycles. The molecule has 2 aromatic rings. The quantitative estimate of drug-likeness (QED) is 0.553. The summed E-state index contributed by atoms with van der Waals surface area (Å²) in [4.78, 5) is 0. The molecule has 1 nitrogen and oxygen atoms in total.